The van der Waals surface area contributed by atoms with E-state index in [0.29, 0.717) is 18.7 Å². The average Bonchev–Trinajstić information content (AvgIpc) is 2.39. The van der Waals surface area contributed by atoms with Crippen molar-refractivity contribution in [2.24, 2.45) is 5.73 Å². The molecule has 2 rings (SSSR count). The van der Waals surface area contributed by atoms with Crippen molar-refractivity contribution >= 4 is 0 Å². The van der Waals surface area contributed by atoms with Crippen LogP contribution in [0, 0.1) is 12.3 Å². The number of hydrogen-bond donors (Lipinski definition) is 1. The highest BCUT2D eigenvalue weighted by molar-refractivity contribution is 5.31. The molecule has 0 aromatic heterocycles. The van der Waals surface area contributed by atoms with Gasteiger partial charge in [-0.25, -0.2) is 0 Å². The maximum Gasteiger partial charge on any atom is 0.148 e. The molecule has 2 atom stereocenters. The Kier molecular flexibility index (Phi) is 4.24. The zero-order valence-corrected chi connectivity index (χ0v) is 10.8. The van der Waals surface area contributed by atoms with Crippen LogP contribution in [-0.4, -0.2) is 31.1 Å². The summed E-state index contributed by atoms with van der Waals surface area (Å²) < 4.78 is 5.46. The number of hydrogen-bond acceptors (Lipinski definition) is 3. The minimum atomic E-state index is 0.293. The predicted octanol–water partition coefficient (Wildman–Crippen LogP) is 1.79. The average molecular weight is 244 g/mol. The fourth-order valence-electron chi connectivity index (χ4n) is 2.44. The van der Waals surface area contributed by atoms with Crippen molar-refractivity contribution < 1.29 is 4.74 Å². The van der Waals surface area contributed by atoms with Crippen molar-refractivity contribution in [3.8, 4) is 18.1 Å². The molecule has 2 unspecified atom stereocenters. The largest absolute Gasteiger partial charge is 0.481 e. The lowest BCUT2D eigenvalue weighted by Crippen LogP contribution is -2.39. The number of benzene rings is 1. The van der Waals surface area contributed by atoms with Crippen LogP contribution in [0.2, 0.25) is 0 Å². The molecule has 0 bridgehead atoms. The van der Waals surface area contributed by atoms with E-state index in [4.69, 9.17) is 16.9 Å². The van der Waals surface area contributed by atoms with Gasteiger partial charge in [0.05, 0.1) is 0 Å². The Balaban J connectivity index is 2.14. The van der Waals surface area contributed by atoms with Gasteiger partial charge in [-0.05, 0) is 44.1 Å². The first-order valence-electron chi connectivity index (χ1n) is 6.32. The molecule has 1 aliphatic rings. The minimum absolute atomic E-state index is 0.293. The topological polar surface area (TPSA) is 38.5 Å². The summed E-state index contributed by atoms with van der Waals surface area (Å²) >= 11 is 0. The molecule has 1 aliphatic heterocycles. The molecule has 0 spiro atoms. The van der Waals surface area contributed by atoms with E-state index in [1.54, 1.807) is 0 Å². The van der Waals surface area contributed by atoms with Gasteiger partial charge in [-0.15, -0.1) is 6.42 Å². The molecule has 1 heterocycles. The summed E-state index contributed by atoms with van der Waals surface area (Å²) in [5, 5.41) is 0. The summed E-state index contributed by atoms with van der Waals surface area (Å²) in [6, 6.07) is 8.81. The van der Waals surface area contributed by atoms with Gasteiger partial charge >= 0.3 is 0 Å². The van der Waals surface area contributed by atoms with Crippen LogP contribution in [-0.2, 0) is 0 Å². The van der Waals surface area contributed by atoms with E-state index in [1.807, 2.05) is 12.1 Å². The van der Waals surface area contributed by atoms with Crippen molar-refractivity contribution in [3.05, 3.63) is 29.8 Å². The van der Waals surface area contributed by atoms with E-state index in [9.17, 15) is 0 Å². The summed E-state index contributed by atoms with van der Waals surface area (Å²) in [5.74, 6) is 3.31. The van der Waals surface area contributed by atoms with E-state index in [1.165, 1.54) is 5.56 Å². The van der Waals surface area contributed by atoms with E-state index < -0.39 is 0 Å². The van der Waals surface area contributed by atoms with Gasteiger partial charge < -0.3 is 10.5 Å². The fraction of sp³-hybridized carbons (Fsp3) is 0.467. The zero-order chi connectivity index (χ0) is 13.0. The third-order valence-electron chi connectivity index (χ3n) is 3.48. The number of nitrogens with two attached hydrogens (primary N) is 1. The molecular formula is C15H20N2O. The molecule has 0 radical (unpaired) electrons. The number of terminal acetylenes is 1. The van der Waals surface area contributed by atoms with Gasteiger partial charge in [0.25, 0.3) is 0 Å². The quantitative estimate of drug-likeness (QED) is 0.824. The smallest absolute Gasteiger partial charge is 0.148 e. The lowest BCUT2D eigenvalue weighted by atomic mass is 9.93. The predicted molar refractivity (Wildman–Crippen MR) is 73.4 cm³/mol. The Morgan fingerprint density at radius 1 is 1.56 bits per heavy atom. The molecule has 1 fully saturated rings. The Hall–Kier alpha value is -1.50. The summed E-state index contributed by atoms with van der Waals surface area (Å²) in [7, 11) is 2.14. The molecule has 0 amide bonds. The second-order valence-electron chi connectivity index (χ2n) is 4.85. The molecule has 1 aromatic carbocycles. The number of piperidine rings is 1. The highest BCUT2D eigenvalue weighted by Crippen LogP contribution is 2.30. The number of rotatable bonds is 3. The SMILES string of the molecule is C#CCOc1cccc(C2CC(N)CCN2C)c1. The third kappa shape index (κ3) is 3.04. The second kappa shape index (κ2) is 5.90. The maximum atomic E-state index is 6.06. The fourth-order valence-corrected chi connectivity index (χ4v) is 2.44. The van der Waals surface area contributed by atoms with Gasteiger partial charge in [0.1, 0.15) is 12.4 Å². The van der Waals surface area contributed by atoms with Crippen molar-refractivity contribution in [1.29, 1.82) is 0 Å². The summed E-state index contributed by atoms with van der Waals surface area (Å²) in [6.07, 6.45) is 7.26. The maximum absolute atomic E-state index is 6.06. The van der Waals surface area contributed by atoms with Crippen LogP contribution < -0.4 is 10.5 Å². The van der Waals surface area contributed by atoms with Crippen molar-refractivity contribution in [1.82, 2.24) is 4.90 Å². The molecule has 2 N–H and O–H groups in total. The number of likely N-dealkylation sites (tertiary alicyclic amines) is 1. The number of nitrogens with zero attached hydrogens (tertiary/aromatic N) is 1. The first-order valence-corrected chi connectivity index (χ1v) is 6.32. The zero-order valence-electron chi connectivity index (χ0n) is 10.8. The molecule has 18 heavy (non-hydrogen) atoms. The Bertz CT molecular complexity index is 438. The Morgan fingerprint density at radius 2 is 2.39 bits per heavy atom. The van der Waals surface area contributed by atoms with E-state index >= 15 is 0 Å². The number of ether oxygens (including phenoxy) is 1. The van der Waals surface area contributed by atoms with Crippen molar-refractivity contribution in [2.75, 3.05) is 20.2 Å². The van der Waals surface area contributed by atoms with Gasteiger partial charge in [-0.1, -0.05) is 18.1 Å². The highest BCUT2D eigenvalue weighted by Gasteiger charge is 2.25. The second-order valence-corrected chi connectivity index (χ2v) is 4.85. The van der Waals surface area contributed by atoms with E-state index in [-0.39, 0.29) is 0 Å². The van der Waals surface area contributed by atoms with Crippen LogP contribution in [0.15, 0.2) is 24.3 Å². The van der Waals surface area contributed by atoms with E-state index in [0.717, 1.165) is 25.1 Å². The van der Waals surface area contributed by atoms with Crippen LogP contribution in [0.5, 0.6) is 5.75 Å². The molecule has 1 aromatic rings. The highest BCUT2D eigenvalue weighted by atomic mass is 16.5. The lowest BCUT2D eigenvalue weighted by Gasteiger charge is -2.36. The van der Waals surface area contributed by atoms with Crippen LogP contribution in [0.3, 0.4) is 0 Å². The summed E-state index contributed by atoms with van der Waals surface area (Å²) in [5.41, 5.74) is 7.31. The molecule has 0 aliphatic carbocycles. The molecule has 3 nitrogen and oxygen atoms in total. The monoisotopic (exact) mass is 244 g/mol. The molecule has 1 saturated heterocycles. The summed E-state index contributed by atoms with van der Waals surface area (Å²) in [6.45, 7) is 1.35. The van der Waals surface area contributed by atoms with Crippen molar-refractivity contribution in [2.45, 2.75) is 24.9 Å². The standard InChI is InChI=1S/C15H20N2O/c1-3-9-18-14-6-4-5-12(10-14)15-11-13(16)7-8-17(15)2/h1,4-6,10,13,15H,7-9,11,16H2,2H3. The van der Waals surface area contributed by atoms with Gasteiger partial charge in [0.2, 0.25) is 0 Å². The third-order valence-corrected chi connectivity index (χ3v) is 3.48. The van der Waals surface area contributed by atoms with Crippen LogP contribution in [0.1, 0.15) is 24.4 Å². The van der Waals surface area contributed by atoms with Crippen molar-refractivity contribution in [3.63, 3.8) is 0 Å². The first kappa shape index (κ1) is 12.9. The lowest BCUT2D eigenvalue weighted by molar-refractivity contribution is 0.171. The normalized spacial score (nSPS) is 24.5. The molecular weight excluding hydrogens is 224 g/mol. The van der Waals surface area contributed by atoms with Gasteiger partial charge in [-0.2, -0.15) is 0 Å². The van der Waals surface area contributed by atoms with Crippen LogP contribution >= 0.6 is 0 Å². The Morgan fingerprint density at radius 3 is 3.17 bits per heavy atom. The first-order chi connectivity index (χ1) is 8.70. The van der Waals surface area contributed by atoms with Crippen LogP contribution in [0.4, 0.5) is 0 Å². The Labute approximate surface area is 109 Å². The molecule has 96 valence electrons. The minimum Gasteiger partial charge on any atom is -0.481 e. The van der Waals surface area contributed by atoms with Crippen LogP contribution in [0.25, 0.3) is 0 Å². The van der Waals surface area contributed by atoms with Gasteiger partial charge in [0, 0.05) is 12.1 Å². The van der Waals surface area contributed by atoms with Gasteiger partial charge in [0.15, 0.2) is 0 Å². The van der Waals surface area contributed by atoms with E-state index in [2.05, 4.69) is 30.0 Å². The molecule has 3 heteroatoms. The molecule has 0 saturated carbocycles. The van der Waals surface area contributed by atoms with Gasteiger partial charge in [-0.3, -0.25) is 4.90 Å². The summed E-state index contributed by atoms with van der Waals surface area (Å²) in [4.78, 5) is 2.35.